The van der Waals surface area contributed by atoms with Crippen LogP contribution in [0.1, 0.15) is 271 Å². The summed E-state index contributed by atoms with van der Waals surface area (Å²) >= 11 is 0. The normalized spacial score (nSPS) is 12.7. The van der Waals surface area contributed by atoms with Crippen molar-refractivity contribution in [3.8, 4) is 0 Å². The van der Waals surface area contributed by atoms with Crippen LogP contribution in [0, 0.1) is 0 Å². The van der Waals surface area contributed by atoms with Crippen molar-refractivity contribution in [3.05, 3.63) is 85.1 Å². The van der Waals surface area contributed by atoms with Crippen molar-refractivity contribution in [2.24, 2.45) is 0 Å². The molecule has 0 aromatic heterocycles. The summed E-state index contributed by atoms with van der Waals surface area (Å²) in [4.78, 5) is 37.9. The van der Waals surface area contributed by atoms with E-state index < -0.39 is 6.10 Å². The Morgan fingerprint density at radius 2 is 0.574 bits per heavy atom. The van der Waals surface area contributed by atoms with E-state index in [0.717, 1.165) is 109 Å². The molecule has 0 spiro atoms. The standard InChI is InChI=1S/C62H106O6/c1-4-7-10-13-16-18-20-22-24-25-26-27-28-29-30-31-32-33-34-35-36-37-38-40-41-43-46-49-52-55-61(64)67-58-59(57-66-60(63)54-51-48-45-15-12-9-6-3)68-62(65)56-53-50-47-44-42-39-23-21-19-17-14-11-8-5-2/h7,10,16,18,21-24,26-27,29-30,32-33,59H,4-6,8-9,11-15,17,19-20,25,28,31,34-58H2,1-3H3/b10-7-,18-16-,23-21-,24-22-,27-26-,30-29-,33-32-. The van der Waals surface area contributed by atoms with Crippen LogP contribution < -0.4 is 0 Å². The van der Waals surface area contributed by atoms with Gasteiger partial charge in [0.25, 0.3) is 0 Å². The van der Waals surface area contributed by atoms with Crippen molar-refractivity contribution >= 4 is 17.9 Å². The van der Waals surface area contributed by atoms with Crippen molar-refractivity contribution in [2.45, 2.75) is 277 Å². The Morgan fingerprint density at radius 1 is 0.309 bits per heavy atom. The van der Waals surface area contributed by atoms with Gasteiger partial charge in [-0.05, 0) is 96.3 Å². The SMILES string of the molecule is CC/C=C\C/C=C\C/C=C\C/C=C\C/C=C\C/C=C\CCCCCCCCCCCCC(=O)OCC(COC(=O)CCCCCCCCC)OC(=O)CCCCCCC/C=C\CCCCCCC. The van der Waals surface area contributed by atoms with Crippen LogP contribution in [-0.2, 0) is 28.6 Å². The molecule has 0 aromatic carbocycles. The van der Waals surface area contributed by atoms with Gasteiger partial charge in [0, 0.05) is 19.3 Å². The maximum absolute atomic E-state index is 12.8. The van der Waals surface area contributed by atoms with Crippen LogP contribution in [-0.4, -0.2) is 37.2 Å². The average Bonchev–Trinajstić information content (AvgIpc) is 3.34. The number of allylic oxidation sites excluding steroid dienone is 14. The van der Waals surface area contributed by atoms with Gasteiger partial charge in [0.15, 0.2) is 6.10 Å². The fourth-order valence-corrected chi connectivity index (χ4v) is 7.85. The summed E-state index contributed by atoms with van der Waals surface area (Å²) in [5, 5.41) is 0. The van der Waals surface area contributed by atoms with Crippen molar-refractivity contribution in [2.75, 3.05) is 13.2 Å². The zero-order chi connectivity index (χ0) is 49.3. The number of hydrogen-bond donors (Lipinski definition) is 0. The molecular formula is C62H106O6. The molecular weight excluding hydrogens is 841 g/mol. The number of esters is 3. The van der Waals surface area contributed by atoms with Crippen LogP contribution >= 0.6 is 0 Å². The summed E-state index contributed by atoms with van der Waals surface area (Å²) in [5.74, 6) is -0.896. The van der Waals surface area contributed by atoms with Gasteiger partial charge in [-0.1, -0.05) is 241 Å². The second-order valence-corrected chi connectivity index (χ2v) is 18.8. The highest BCUT2D eigenvalue weighted by Gasteiger charge is 2.19. The smallest absolute Gasteiger partial charge is 0.306 e. The molecule has 0 aliphatic heterocycles. The first-order chi connectivity index (χ1) is 33.5. The molecule has 0 aliphatic rings. The number of ether oxygens (including phenoxy) is 3. The molecule has 0 radical (unpaired) electrons. The van der Waals surface area contributed by atoms with Gasteiger partial charge >= 0.3 is 17.9 Å². The summed E-state index contributed by atoms with van der Waals surface area (Å²) in [6.45, 7) is 6.47. The van der Waals surface area contributed by atoms with Gasteiger partial charge in [0.1, 0.15) is 13.2 Å². The predicted molar refractivity (Wildman–Crippen MR) is 293 cm³/mol. The first-order valence-electron chi connectivity index (χ1n) is 28.6. The third-order valence-electron chi connectivity index (χ3n) is 12.1. The van der Waals surface area contributed by atoms with E-state index in [2.05, 4.69) is 106 Å². The highest BCUT2D eigenvalue weighted by atomic mass is 16.6. The molecule has 0 fully saturated rings. The predicted octanol–water partition coefficient (Wildman–Crippen LogP) is 19.2. The largest absolute Gasteiger partial charge is 0.462 e. The second-order valence-electron chi connectivity index (χ2n) is 18.8. The van der Waals surface area contributed by atoms with E-state index in [1.54, 1.807) is 0 Å². The molecule has 0 aromatic rings. The Balaban J connectivity index is 4.13. The van der Waals surface area contributed by atoms with Gasteiger partial charge in [-0.2, -0.15) is 0 Å². The summed E-state index contributed by atoms with van der Waals surface area (Å²) in [6.07, 6.45) is 73.1. The number of rotatable bonds is 51. The van der Waals surface area contributed by atoms with Crippen LogP contribution in [0.4, 0.5) is 0 Å². The number of carbonyl (C=O) groups excluding carboxylic acids is 3. The molecule has 0 heterocycles. The van der Waals surface area contributed by atoms with Crippen LogP contribution in [0.2, 0.25) is 0 Å². The van der Waals surface area contributed by atoms with Gasteiger partial charge in [-0.25, -0.2) is 0 Å². The molecule has 6 heteroatoms. The Labute approximate surface area is 420 Å². The average molecular weight is 948 g/mol. The highest BCUT2D eigenvalue weighted by Crippen LogP contribution is 2.15. The van der Waals surface area contributed by atoms with Crippen molar-refractivity contribution in [1.29, 1.82) is 0 Å². The quantitative estimate of drug-likeness (QED) is 0.0262. The second kappa shape index (κ2) is 56.2. The summed E-state index contributed by atoms with van der Waals surface area (Å²) in [6, 6.07) is 0. The fourth-order valence-electron chi connectivity index (χ4n) is 7.85. The van der Waals surface area contributed by atoms with Crippen molar-refractivity contribution in [3.63, 3.8) is 0 Å². The minimum absolute atomic E-state index is 0.0793. The molecule has 0 amide bonds. The van der Waals surface area contributed by atoms with Crippen LogP contribution in [0.3, 0.4) is 0 Å². The third kappa shape index (κ3) is 53.5. The van der Waals surface area contributed by atoms with Crippen LogP contribution in [0.5, 0.6) is 0 Å². The Morgan fingerprint density at radius 3 is 0.912 bits per heavy atom. The molecule has 0 bridgehead atoms. The lowest BCUT2D eigenvalue weighted by atomic mass is 10.1. The van der Waals surface area contributed by atoms with E-state index in [0.29, 0.717) is 19.3 Å². The minimum atomic E-state index is -0.778. The first kappa shape index (κ1) is 64.6. The Bertz CT molecular complexity index is 1320. The zero-order valence-corrected chi connectivity index (χ0v) is 44.6. The lowest BCUT2D eigenvalue weighted by Gasteiger charge is -2.18. The number of hydrogen-bond acceptors (Lipinski definition) is 6. The topological polar surface area (TPSA) is 78.9 Å². The van der Waals surface area contributed by atoms with Crippen LogP contribution in [0.15, 0.2) is 85.1 Å². The van der Waals surface area contributed by atoms with E-state index >= 15 is 0 Å². The van der Waals surface area contributed by atoms with Gasteiger partial charge in [0.05, 0.1) is 0 Å². The molecule has 390 valence electrons. The van der Waals surface area contributed by atoms with Gasteiger partial charge in [-0.15, -0.1) is 0 Å². The summed E-state index contributed by atoms with van der Waals surface area (Å²) < 4.78 is 16.8. The molecule has 0 rings (SSSR count). The zero-order valence-electron chi connectivity index (χ0n) is 44.6. The maximum Gasteiger partial charge on any atom is 0.306 e. The lowest BCUT2D eigenvalue weighted by molar-refractivity contribution is -0.167. The molecule has 0 aliphatic carbocycles. The monoisotopic (exact) mass is 947 g/mol. The molecule has 1 unspecified atom stereocenters. The molecule has 0 saturated carbocycles. The third-order valence-corrected chi connectivity index (χ3v) is 12.1. The number of unbranched alkanes of at least 4 members (excludes halogenated alkanes) is 26. The minimum Gasteiger partial charge on any atom is -0.462 e. The van der Waals surface area contributed by atoms with Crippen LogP contribution in [0.25, 0.3) is 0 Å². The summed E-state index contributed by atoms with van der Waals surface area (Å²) in [7, 11) is 0. The fraction of sp³-hybridized carbons (Fsp3) is 0.726. The first-order valence-corrected chi connectivity index (χ1v) is 28.6. The number of carbonyl (C=O) groups is 3. The van der Waals surface area contributed by atoms with E-state index in [1.807, 2.05) is 0 Å². The van der Waals surface area contributed by atoms with Gasteiger partial charge < -0.3 is 14.2 Å². The molecule has 68 heavy (non-hydrogen) atoms. The summed E-state index contributed by atoms with van der Waals surface area (Å²) in [5.41, 5.74) is 0. The van der Waals surface area contributed by atoms with Crippen molar-refractivity contribution in [1.82, 2.24) is 0 Å². The Kier molecular flexibility index (Phi) is 53.4. The molecule has 0 saturated heterocycles. The van der Waals surface area contributed by atoms with Gasteiger partial charge in [0.2, 0.25) is 0 Å². The molecule has 0 N–H and O–H groups in total. The van der Waals surface area contributed by atoms with Gasteiger partial charge in [-0.3, -0.25) is 14.4 Å². The lowest BCUT2D eigenvalue weighted by Crippen LogP contribution is -2.30. The maximum atomic E-state index is 12.8. The van der Waals surface area contributed by atoms with E-state index in [4.69, 9.17) is 14.2 Å². The van der Waals surface area contributed by atoms with Crippen molar-refractivity contribution < 1.29 is 28.6 Å². The Hall–Kier alpha value is -3.41. The van der Waals surface area contributed by atoms with E-state index in [1.165, 1.54) is 122 Å². The van der Waals surface area contributed by atoms with E-state index in [9.17, 15) is 14.4 Å². The molecule has 1 atom stereocenters. The molecule has 6 nitrogen and oxygen atoms in total. The van der Waals surface area contributed by atoms with E-state index in [-0.39, 0.29) is 31.1 Å². The highest BCUT2D eigenvalue weighted by molar-refractivity contribution is 5.71.